The van der Waals surface area contributed by atoms with Crippen LogP contribution in [-0.2, 0) is 0 Å². The van der Waals surface area contributed by atoms with Crippen molar-refractivity contribution in [1.82, 2.24) is 34.3 Å². The van der Waals surface area contributed by atoms with Gasteiger partial charge in [-0.25, -0.2) is 15.0 Å². The number of imidazole rings is 1. The fourth-order valence-electron chi connectivity index (χ4n) is 2.12. The molecule has 102 valence electrons. The van der Waals surface area contributed by atoms with Crippen LogP contribution in [0.25, 0.3) is 22.7 Å². The molecule has 4 rings (SSSR count). The number of hydrogen-bond donors (Lipinski definition) is 1. The molecule has 8 nitrogen and oxygen atoms in total. The highest BCUT2D eigenvalue weighted by Crippen LogP contribution is 2.23. The van der Waals surface area contributed by atoms with Gasteiger partial charge in [0.05, 0.1) is 18.6 Å². The van der Waals surface area contributed by atoms with E-state index in [1.807, 2.05) is 28.9 Å². The quantitative estimate of drug-likeness (QED) is 0.586. The zero-order chi connectivity index (χ0) is 14.2. The Morgan fingerprint density at radius 1 is 1.00 bits per heavy atom. The van der Waals surface area contributed by atoms with Crippen molar-refractivity contribution in [2.75, 3.05) is 5.73 Å². The molecule has 0 aromatic carbocycles. The van der Waals surface area contributed by atoms with Gasteiger partial charge in [0.2, 0.25) is 5.82 Å². The van der Waals surface area contributed by atoms with Crippen LogP contribution in [0.5, 0.6) is 0 Å². The number of nitrogen functional groups attached to an aromatic ring is 1. The second-order valence-corrected chi connectivity index (χ2v) is 4.40. The van der Waals surface area contributed by atoms with Crippen LogP contribution >= 0.6 is 0 Å². The fourth-order valence-corrected chi connectivity index (χ4v) is 2.12. The van der Waals surface area contributed by atoms with Gasteiger partial charge in [-0.05, 0) is 12.1 Å². The smallest absolute Gasteiger partial charge is 0.202 e. The molecule has 4 aromatic heterocycles. The minimum absolute atomic E-state index is 0.315. The van der Waals surface area contributed by atoms with E-state index in [2.05, 4.69) is 25.1 Å². The molecule has 0 aliphatic heterocycles. The average molecular weight is 278 g/mol. The van der Waals surface area contributed by atoms with E-state index >= 15 is 0 Å². The highest BCUT2D eigenvalue weighted by Gasteiger charge is 2.13. The first kappa shape index (κ1) is 11.5. The molecule has 21 heavy (non-hydrogen) atoms. The molecular weight excluding hydrogens is 268 g/mol. The molecule has 0 atom stereocenters. The van der Waals surface area contributed by atoms with E-state index in [0.717, 1.165) is 11.2 Å². The zero-order valence-electron chi connectivity index (χ0n) is 10.8. The second kappa shape index (κ2) is 4.37. The predicted octanol–water partition coefficient (Wildman–Crippen LogP) is 0.954. The molecule has 0 unspecified atom stereocenters. The van der Waals surface area contributed by atoms with Crippen molar-refractivity contribution in [2.45, 2.75) is 0 Å². The molecule has 0 saturated carbocycles. The maximum atomic E-state index is 5.73. The summed E-state index contributed by atoms with van der Waals surface area (Å²) in [6.45, 7) is 0. The summed E-state index contributed by atoms with van der Waals surface area (Å²) in [6.07, 6.45) is 10.2. The molecule has 0 amide bonds. The highest BCUT2D eigenvalue weighted by molar-refractivity contribution is 5.68. The minimum atomic E-state index is 0.315. The van der Waals surface area contributed by atoms with E-state index in [1.54, 1.807) is 18.6 Å². The monoisotopic (exact) mass is 278 g/mol. The molecule has 0 saturated heterocycles. The summed E-state index contributed by atoms with van der Waals surface area (Å²) in [7, 11) is 0. The van der Waals surface area contributed by atoms with Crippen LogP contribution in [0, 0.1) is 0 Å². The van der Waals surface area contributed by atoms with Gasteiger partial charge in [-0.15, -0.1) is 4.80 Å². The van der Waals surface area contributed by atoms with E-state index in [0.29, 0.717) is 17.3 Å². The van der Waals surface area contributed by atoms with Crippen LogP contribution in [0.3, 0.4) is 0 Å². The van der Waals surface area contributed by atoms with Crippen molar-refractivity contribution in [1.29, 1.82) is 0 Å². The average Bonchev–Trinajstić information content (AvgIpc) is 3.18. The first-order valence-electron chi connectivity index (χ1n) is 6.23. The topological polar surface area (TPSA) is 99.8 Å². The second-order valence-electron chi connectivity index (χ2n) is 4.40. The molecule has 4 aromatic rings. The van der Waals surface area contributed by atoms with Crippen molar-refractivity contribution in [3.8, 4) is 17.1 Å². The van der Waals surface area contributed by atoms with Crippen LogP contribution in [0.1, 0.15) is 0 Å². The van der Waals surface area contributed by atoms with Gasteiger partial charge in [-0.2, -0.15) is 10.2 Å². The van der Waals surface area contributed by atoms with E-state index in [-0.39, 0.29) is 0 Å². The SMILES string of the molecule is Nc1cnc(-c2ccc3nccn3c2)c(-n2nccn2)n1. The molecule has 4 heterocycles. The lowest BCUT2D eigenvalue weighted by atomic mass is 10.2. The predicted molar refractivity (Wildman–Crippen MR) is 75.5 cm³/mol. The Hall–Kier alpha value is -3.29. The molecule has 0 bridgehead atoms. The Labute approximate surface area is 118 Å². The third kappa shape index (κ3) is 1.89. The Bertz CT molecular complexity index is 909. The molecule has 0 aliphatic carbocycles. The molecule has 0 aliphatic rings. The van der Waals surface area contributed by atoms with Gasteiger partial charge < -0.3 is 10.1 Å². The fraction of sp³-hybridized carbons (Fsp3) is 0. The van der Waals surface area contributed by atoms with Gasteiger partial charge in [0.15, 0.2) is 0 Å². The third-order valence-corrected chi connectivity index (χ3v) is 3.04. The Morgan fingerprint density at radius 2 is 1.86 bits per heavy atom. The first-order valence-corrected chi connectivity index (χ1v) is 6.23. The standard InChI is InChI=1S/C13H10N8/c14-10-7-16-12(13(19-10)21-17-3-4-18-21)9-1-2-11-15-5-6-20(11)8-9/h1-8H,(H2,14,19). The Morgan fingerprint density at radius 3 is 2.71 bits per heavy atom. The number of hydrogen-bond acceptors (Lipinski definition) is 6. The highest BCUT2D eigenvalue weighted by atomic mass is 15.5. The molecule has 0 radical (unpaired) electrons. The number of nitrogens with two attached hydrogens (primary N) is 1. The zero-order valence-corrected chi connectivity index (χ0v) is 10.8. The Kier molecular flexibility index (Phi) is 2.40. The third-order valence-electron chi connectivity index (χ3n) is 3.04. The van der Waals surface area contributed by atoms with Gasteiger partial charge in [-0.3, -0.25) is 0 Å². The van der Waals surface area contributed by atoms with E-state index < -0.39 is 0 Å². The molecular formula is C13H10N8. The number of pyridine rings is 1. The summed E-state index contributed by atoms with van der Waals surface area (Å²) >= 11 is 0. The summed E-state index contributed by atoms with van der Waals surface area (Å²) < 4.78 is 1.91. The lowest BCUT2D eigenvalue weighted by molar-refractivity contribution is 0.728. The van der Waals surface area contributed by atoms with Crippen molar-refractivity contribution >= 4 is 11.5 Å². The van der Waals surface area contributed by atoms with Gasteiger partial charge in [-0.1, -0.05) is 0 Å². The van der Waals surface area contributed by atoms with E-state index in [9.17, 15) is 0 Å². The van der Waals surface area contributed by atoms with Crippen molar-refractivity contribution in [3.63, 3.8) is 0 Å². The van der Waals surface area contributed by atoms with Crippen LogP contribution in [0.4, 0.5) is 5.82 Å². The van der Waals surface area contributed by atoms with Gasteiger partial charge in [0, 0.05) is 24.2 Å². The Balaban J connectivity index is 1.95. The summed E-state index contributed by atoms with van der Waals surface area (Å²) in [5.74, 6) is 0.800. The van der Waals surface area contributed by atoms with Crippen LogP contribution in [0.15, 0.2) is 49.3 Å². The maximum absolute atomic E-state index is 5.73. The van der Waals surface area contributed by atoms with E-state index in [1.165, 1.54) is 11.0 Å². The van der Waals surface area contributed by atoms with E-state index in [4.69, 9.17) is 5.73 Å². The molecule has 0 fully saturated rings. The van der Waals surface area contributed by atoms with Crippen LogP contribution in [-0.4, -0.2) is 34.3 Å². The van der Waals surface area contributed by atoms with Crippen molar-refractivity contribution < 1.29 is 0 Å². The normalized spacial score (nSPS) is 11.0. The first-order chi connectivity index (χ1) is 10.3. The summed E-state index contributed by atoms with van der Waals surface area (Å²) in [4.78, 5) is 14.3. The lowest BCUT2D eigenvalue weighted by Gasteiger charge is -2.08. The van der Waals surface area contributed by atoms with Gasteiger partial charge in [0.1, 0.15) is 17.2 Å². The maximum Gasteiger partial charge on any atom is 0.202 e. The molecule has 8 heteroatoms. The number of aromatic nitrogens is 7. The minimum Gasteiger partial charge on any atom is -0.382 e. The lowest BCUT2D eigenvalue weighted by Crippen LogP contribution is -2.07. The van der Waals surface area contributed by atoms with Crippen LogP contribution < -0.4 is 5.73 Å². The molecule has 2 N–H and O–H groups in total. The number of nitrogens with zero attached hydrogens (tertiary/aromatic N) is 7. The number of anilines is 1. The summed E-state index contributed by atoms with van der Waals surface area (Å²) in [6, 6.07) is 3.84. The number of fused-ring (bicyclic) bond motifs is 1. The summed E-state index contributed by atoms with van der Waals surface area (Å²) in [5, 5.41) is 8.19. The van der Waals surface area contributed by atoms with Gasteiger partial charge in [0.25, 0.3) is 0 Å². The van der Waals surface area contributed by atoms with Crippen LogP contribution in [0.2, 0.25) is 0 Å². The van der Waals surface area contributed by atoms with Crippen molar-refractivity contribution in [2.24, 2.45) is 0 Å². The summed E-state index contributed by atoms with van der Waals surface area (Å²) in [5.41, 5.74) is 8.11. The molecule has 0 spiro atoms. The largest absolute Gasteiger partial charge is 0.382 e. The van der Waals surface area contributed by atoms with Crippen molar-refractivity contribution in [3.05, 3.63) is 49.3 Å². The van der Waals surface area contributed by atoms with Gasteiger partial charge >= 0.3 is 0 Å². The number of rotatable bonds is 2.